The standard InChI is InChI=1S/C18H19N5O3/c1-3-5-15-19-9-14(21-15)12-6-4-7-13(8-12)18-22-17(26-23-18)10-20-16(24)11-25-2/h3-9H,10-11H2,1-2H3,(H,19,21)(H,20,24). The Bertz CT molecular complexity index is 913. The summed E-state index contributed by atoms with van der Waals surface area (Å²) in [5.74, 6) is 1.33. The van der Waals surface area contributed by atoms with Gasteiger partial charge in [0.05, 0.1) is 18.4 Å². The summed E-state index contributed by atoms with van der Waals surface area (Å²) in [5, 5.41) is 6.61. The summed E-state index contributed by atoms with van der Waals surface area (Å²) in [6.07, 6.45) is 5.60. The van der Waals surface area contributed by atoms with E-state index in [0.717, 1.165) is 22.6 Å². The molecular formula is C18H19N5O3. The van der Waals surface area contributed by atoms with Crippen molar-refractivity contribution in [3.63, 3.8) is 0 Å². The number of aromatic amines is 1. The van der Waals surface area contributed by atoms with Crippen molar-refractivity contribution in [2.75, 3.05) is 13.7 Å². The van der Waals surface area contributed by atoms with E-state index in [0.29, 0.717) is 11.7 Å². The van der Waals surface area contributed by atoms with Gasteiger partial charge in [0.25, 0.3) is 0 Å². The Labute approximate surface area is 150 Å². The summed E-state index contributed by atoms with van der Waals surface area (Å²) in [4.78, 5) is 23.3. The van der Waals surface area contributed by atoms with Gasteiger partial charge < -0.3 is 19.6 Å². The molecule has 0 fully saturated rings. The van der Waals surface area contributed by atoms with Gasteiger partial charge in [0.15, 0.2) is 0 Å². The molecule has 0 spiro atoms. The van der Waals surface area contributed by atoms with Crippen molar-refractivity contribution in [3.8, 4) is 22.6 Å². The minimum absolute atomic E-state index is 0.0115. The molecule has 0 aliphatic carbocycles. The van der Waals surface area contributed by atoms with Crippen LogP contribution >= 0.6 is 0 Å². The van der Waals surface area contributed by atoms with E-state index in [-0.39, 0.29) is 19.1 Å². The fraction of sp³-hybridized carbons (Fsp3) is 0.222. The van der Waals surface area contributed by atoms with Gasteiger partial charge in [-0.2, -0.15) is 4.98 Å². The Hall–Kier alpha value is -3.26. The Morgan fingerprint density at radius 2 is 2.23 bits per heavy atom. The number of methoxy groups -OCH3 is 1. The second kappa shape index (κ2) is 8.21. The van der Waals surface area contributed by atoms with E-state index in [1.54, 1.807) is 6.20 Å². The van der Waals surface area contributed by atoms with Crippen molar-refractivity contribution in [1.82, 2.24) is 25.4 Å². The van der Waals surface area contributed by atoms with Gasteiger partial charge in [-0.15, -0.1) is 0 Å². The van der Waals surface area contributed by atoms with Crippen LogP contribution in [-0.4, -0.2) is 39.7 Å². The fourth-order valence-electron chi connectivity index (χ4n) is 2.35. The number of hydrogen-bond donors (Lipinski definition) is 2. The maximum Gasteiger partial charge on any atom is 0.246 e. The zero-order valence-corrected chi connectivity index (χ0v) is 14.5. The van der Waals surface area contributed by atoms with E-state index in [1.807, 2.05) is 43.3 Å². The molecule has 0 radical (unpaired) electrons. The number of carbonyl (C=O) groups excluding carboxylic acids is 1. The molecule has 0 atom stereocenters. The van der Waals surface area contributed by atoms with Gasteiger partial charge in [-0.25, -0.2) is 4.98 Å². The molecule has 2 heterocycles. The second-order valence-electron chi connectivity index (χ2n) is 5.48. The summed E-state index contributed by atoms with van der Waals surface area (Å²) < 4.78 is 9.93. The zero-order chi connectivity index (χ0) is 18.4. The highest BCUT2D eigenvalue weighted by Gasteiger charge is 2.11. The highest BCUT2D eigenvalue weighted by molar-refractivity contribution is 5.77. The number of nitrogens with one attached hydrogen (secondary N) is 2. The number of carbonyl (C=O) groups is 1. The SMILES string of the molecule is CC=Cc1ncc(-c2cccc(-c3noc(CNC(=O)COC)n3)c2)[nH]1. The first kappa shape index (κ1) is 17.6. The van der Waals surface area contributed by atoms with Gasteiger partial charge in [-0.1, -0.05) is 29.4 Å². The molecule has 0 saturated heterocycles. The third-order valence-electron chi connectivity index (χ3n) is 3.53. The fourth-order valence-corrected chi connectivity index (χ4v) is 2.35. The molecule has 3 aromatic rings. The molecule has 0 bridgehead atoms. The molecule has 1 aromatic carbocycles. The smallest absolute Gasteiger partial charge is 0.246 e. The topological polar surface area (TPSA) is 106 Å². The van der Waals surface area contributed by atoms with Crippen molar-refractivity contribution < 1.29 is 14.1 Å². The van der Waals surface area contributed by atoms with Gasteiger partial charge in [0, 0.05) is 18.2 Å². The second-order valence-corrected chi connectivity index (χ2v) is 5.48. The molecule has 0 unspecified atom stereocenters. The largest absolute Gasteiger partial charge is 0.375 e. The first-order chi connectivity index (χ1) is 12.7. The summed E-state index contributed by atoms with van der Waals surface area (Å²) in [6, 6.07) is 7.73. The molecule has 26 heavy (non-hydrogen) atoms. The number of nitrogens with zero attached hydrogens (tertiary/aromatic N) is 3. The van der Waals surface area contributed by atoms with Gasteiger partial charge >= 0.3 is 0 Å². The highest BCUT2D eigenvalue weighted by Crippen LogP contribution is 2.24. The van der Waals surface area contributed by atoms with Gasteiger partial charge in [-0.05, 0) is 19.1 Å². The average Bonchev–Trinajstić information content (AvgIpc) is 3.30. The summed E-state index contributed by atoms with van der Waals surface area (Å²) >= 11 is 0. The maximum atomic E-state index is 11.4. The van der Waals surface area contributed by atoms with Crippen LogP contribution in [0.5, 0.6) is 0 Å². The van der Waals surface area contributed by atoms with E-state index < -0.39 is 0 Å². The Morgan fingerprint density at radius 1 is 1.38 bits per heavy atom. The van der Waals surface area contributed by atoms with Crippen LogP contribution in [0.15, 0.2) is 41.1 Å². The van der Waals surface area contributed by atoms with Crippen molar-refractivity contribution in [3.05, 3.63) is 48.3 Å². The van der Waals surface area contributed by atoms with E-state index in [4.69, 9.17) is 9.26 Å². The van der Waals surface area contributed by atoms with Crippen LogP contribution in [0.2, 0.25) is 0 Å². The lowest BCUT2D eigenvalue weighted by Gasteiger charge is -2.00. The van der Waals surface area contributed by atoms with E-state index in [2.05, 4.69) is 25.4 Å². The number of ether oxygens (including phenoxy) is 1. The van der Waals surface area contributed by atoms with Gasteiger partial charge in [0.1, 0.15) is 12.4 Å². The number of allylic oxidation sites excluding steroid dienone is 1. The normalized spacial score (nSPS) is 11.2. The molecule has 134 valence electrons. The lowest BCUT2D eigenvalue weighted by atomic mass is 10.1. The first-order valence-electron chi connectivity index (χ1n) is 8.06. The van der Waals surface area contributed by atoms with Crippen molar-refractivity contribution >= 4 is 12.0 Å². The number of imidazole rings is 1. The van der Waals surface area contributed by atoms with Crippen molar-refractivity contribution in [2.45, 2.75) is 13.5 Å². The number of hydrogen-bond acceptors (Lipinski definition) is 6. The van der Waals surface area contributed by atoms with E-state index in [9.17, 15) is 4.79 Å². The molecule has 8 heteroatoms. The minimum atomic E-state index is -0.245. The Balaban J connectivity index is 1.74. The number of rotatable bonds is 7. The monoisotopic (exact) mass is 353 g/mol. The average molecular weight is 353 g/mol. The lowest BCUT2D eigenvalue weighted by Crippen LogP contribution is -2.26. The van der Waals surface area contributed by atoms with Crippen LogP contribution in [0.1, 0.15) is 18.6 Å². The predicted octanol–water partition coefficient (Wildman–Crippen LogP) is 2.42. The molecule has 0 saturated carbocycles. The van der Waals surface area contributed by atoms with Crippen LogP contribution in [0.25, 0.3) is 28.7 Å². The molecule has 3 rings (SSSR count). The molecule has 2 aromatic heterocycles. The minimum Gasteiger partial charge on any atom is -0.375 e. The number of aromatic nitrogens is 4. The number of amides is 1. The molecule has 8 nitrogen and oxygen atoms in total. The van der Waals surface area contributed by atoms with E-state index in [1.165, 1.54) is 7.11 Å². The molecule has 1 amide bonds. The molecule has 0 aliphatic rings. The highest BCUT2D eigenvalue weighted by atomic mass is 16.5. The number of H-pyrrole nitrogens is 1. The summed E-state index contributed by atoms with van der Waals surface area (Å²) in [6.45, 7) is 2.08. The predicted molar refractivity (Wildman–Crippen MR) is 95.7 cm³/mol. The van der Waals surface area contributed by atoms with Crippen LogP contribution in [-0.2, 0) is 16.1 Å². The molecule has 0 aliphatic heterocycles. The Morgan fingerprint density at radius 3 is 3.04 bits per heavy atom. The summed E-state index contributed by atoms with van der Waals surface area (Å²) in [7, 11) is 1.46. The van der Waals surface area contributed by atoms with Crippen molar-refractivity contribution in [1.29, 1.82) is 0 Å². The van der Waals surface area contributed by atoms with Gasteiger partial charge in [-0.3, -0.25) is 4.79 Å². The van der Waals surface area contributed by atoms with Crippen LogP contribution < -0.4 is 5.32 Å². The zero-order valence-electron chi connectivity index (χ0n) is 14.5. The van der Waals surface area contributed by atoms with Crippen LogP contribution in [0.4, 0.5) is 0 Å². The summed E-state index contributed by atoms with van der Waals surface area (Å²) in [5.41, 5.74) is 2.67. The molecular weight excluding hydrogens is 334 g/mol. The lowest BCUT2D eigenvalue weighted by molar-refractivity contribution is -0.125. The van der Waals surface area contributed by atoms with Crippen LogP contribution in [0.3, 0.4) is 0 Å². The van der Waals surface area contributed by atoms with E-state index >= 15 is 0 Å². The third-order valence-corrected chi connectivity index (χ3v) is 3.53. The first-order valence-corrected chi connectivity index (χ1v) is 8.06. The van der Waals surface area contributed by atoms with Gasteiger partial charge in [0.2, 0.25) is 17.6 Å². The van der Waals surface area contributed by atoms with Crippen LogP contribution in [0, 0.1) is 0 Å². The quantitative estimate of drug-likeness (QED) is 0.676. The maximum absolute atomic E-state index is 11.4. The molecule has 2 N–H and O–H groups in total. The van der Waals surface area contributed by atoms with Crippen molar-refractivity contribution in [2.24, 2.45) is 0 Å². The number of benzene rings is 1. The Kier molecular flexibility index (Phi) is 5.55. The third kappa shape index (κ3) is 4.22.